The molecule has 0 unspecified atom stereocenters. The normalized spacial score (nSPS) is 10.5. The lowest BCUT2D eigenvalue weighted by Crippen LogP contribution is -2.17. The topological polar surface area (TPSA) is 100 Å². The Morgan fingerprint density at radius 2 is 1.65 bits per heavy atom. The van der Waals surface area contributed by atoms with Crippen LogP contribution in [0.5, 0.6) is 11.5 Å². The van der Waals surface area contributed by atoms with Crippen LogP contribution in [0.2, 0.25) is 0 Å². The van der Waals surface area contributed by atoms with Gasteiger partial charge in [0.1, 0.15) is 23.1 Å². The molecule has 0 saturated heterocycles. The lowest BCUT2D eigenvalue weighted by Gasteiger charge is -2.10. The van der Waals surface area contributed by atoms with E-state index in [1.807, 2.05) is 36.4 Å². The van der Waals surface area contributed by atoms with Gasteiger partial charge in [-0.1, -0.05) is 18.2 Å². The summed E-state index contributed by atoms with van der Waals surface area (Å²) in [5.74, 6) is 1.79. The van der Waals surface area contributed by atoms with Crippen LogP contribution in [0.4, 0.5) is 5.95 Å². The van der Waals surface area contributed by atoms with Gasteiger partial charge in [-0.2, -0.15) is 5.26 Å². The molecule has 0 atom stereocenters. The maximum atomic E-state index is 12.4. The lowest BCUT2D eigenvalue weighted by atomic mass is 10.1. The van der Waals surface area contributed by atoms with Crippen LogP contribution in [0.25, 0.3) is 22.0 Å². The van der Waals surface area contributed by atoms with E-state index in [0.717, 1.165) is 22.1 Å². The van der Waals surface area contributed by atoms with Crippen LogP contribution in [0.15, 0.2) is 65.5 Å². The third kappa shape index (κ3) is 4.19. The highest BCUT2D eigenvalue weighted by Gasteiger charge is 2.13. The quantitative estimate of drug-likeness (QED) is 0.495. The Bertz CT molecular complexity index is 1340. The summed E-state index contributed by atoms with van der Waals surface area (Å²) in [7, 11) is 3.22. The summed E-state index contributed by atoms with van der Waals surface area (Å²) in [5, 5.41) is 14.7. The molecule has 0 bridgehead atoms. The molecule has 7 heteroatoms. The fourth-order valence-electron chi connectivity index (χ4n) is 3.31. The molecule has 2 N–H and O–H groups in total. The molecule has 3 aromatic carbocycles. The minimum atomic E-state index is -0.489. The summed E-state index contributed by atoms with van der Waals surface area (Å²) in [4.78, 5) is 19.6. The van der Waals surface area contributed by atoms with E-state index in [0.29, 0.717) is 29.5 Å². The number of fused-ring (bicyclic) bond motifs is 1. The largest absolute Gasteiger partial charge is 0.497 e. The lowest BCUT2D eigenvalue weighted by molar-refractivity contribution is 0.415. The second kappa shape index (κ2) is 8.59. The minimum Gasteiger partial charge on any atom is -0.497 e. The summed E-state index contributed by atoms with van der Waals surface area (Å²) in [5.41, 5.74) is 1.48. The average Bonchev–Trinajstić information content (AvgIpc) is 2.82. The fourth-order valence-corrected chi connectivity index (χ4v) is 3.31. The molecule has 1 aromatic heterocycles. The van der Waals surface area contributed by atoms with Crippen molar-refractivity contribution in [2.24, 2.45) is 0 Å². The highest BCUT2D eigenvalue weighted by Crippen LogP contribution is 2.24. The van der Waals surface area contributed by atoms with E-state index in [4.69, 9.17) is 9.47 Å². The van der Waals surface area contributed by atoms with E-state index in [1.54, 1.807) is 38.5 Å². The van der Waals surface area contributed by atoms with Crippen LogP contribution in [-0.4, -0.2) is 24.2 Å². The first-order chi connectivity index (χ1) is 15.1. The van der Waals surface area contributed by atoms with Gasteiger partial charge in [0.25, 0.3) is 5.56 Å². The van der Waals surface area contributed by atoms with Crippen LogP contribution >= 0.6 is 0 Å². The van der Waals surface area contributed by atoms with Crippen LogP contribution in [0.1, 0.15) is 11.1 Å². The van der Waals surface area contributed by atoms with Gasteiger partial charge in [0.05, 0.1) is 19.9 Å². The Hall–Kier alpha value is -4.31. The zero-order valence-corrected chi connectivity index (χ0v) is 17.1. The molecular weight excluding hydrogens is 392 g/mol. The molecule has 31 heavy (non-hydrogen) atoms. The maximum absolute atomic E-state index is 12.4. The van der Waals surface area contributed by atoms with Crippen LogP contribution in [0, 0.1) is 11.3 Å². The molecule has 0 fully saturated rings. The zero-order chi connectivity index (χ0) is 21.8. The monoisotopic (exact) mass is 412 g/mol. The summed E-state index contributed by atoms with van der Waals surface area (Å²) >= 11 is 0. The number of methoxy groups -OCH3 is 2. The van der Waals surface area contributed by atoms with Crippen molar-refractivity contribution in [3.63, 3.8) is 0 Å². The maximum Gasteiger partial charge on any atom is 0.270 e. The highest BCUT2D eigenvalue weighted by atomic mass is 16.5. The van der Waals surface area contributed by atoms with E-state index in [9.17, 15) is 10.1 Å². The third-order valence-corrected chi connectivity index (χ3v) is 4.97. The van der Waals surface area contributed by atoms with Crippen LogP contribution < -0.4 is 20.3 Å². The van der Waals surface area contributed by atoms with Gasteiger partial charge in [-0.3, -0.25) is 9.78 Å². The molecule has 4 aromatic rings. The predicted octanol–water partition coefficient (Wildman–Crippen LogP) is 4.09. The van der Waals surface area contributed by atoms with Crippen molar-refractivity contribution in [1.29, 1.82) is 5.26 Å². The molecule has 4 rings (SSSR count). The number of hydrogen-bond acceptors (Lipinski definition) is 6. The highest BCUT2D eigenvalue weighted by molar-refractivity contribution is 5.84. The molecule has 0 aliphatic carbocycles. The second-order valence-electron chi connectivity index (χ2n) is 6.88. The Morgan fingerprint density at radius 1 is 0.968 bits per heavy atom. The first-order valence-corrected chi connectivity index (χ1v) is 9.60. The number of H-pyrrole nitrogens is 1. The van der Waals surface area contributed by atoms with Crippen LogP contribution in [0.3, 0.4) is 0 Å². The summed E-state index contributed by atoms with van der Waals surface area (Å²) in [6.45, 7) is 0.457. The standard InChI is InChI=1S/C24H20N4O3/c1-30-19-8-5-16(6-9-19)22-21(13-25)23(29)28-24(27-22)26-14-15-3-4-18-12-20(31-2)10-7-17(18)11-15/h3-12H,14H2,1-2H3,(H2,26,27,28,29). The fraction of sp³-hybridized carbons (Fsp3) is 0.125. The number of aromatic amines is 1. The van der Waals surface area contributed by atoms with Gasteiger partial charge in [-0.25, -0.2) is 4.98 Å². The number of nitriles is 1. The van der Waals surface area contributed by atoms with Crippen molar-refractivity contribution >= 4 is 16.7 Å². The summed E-state index contributed by atoms with van der Waals surface area (Å²) < 4.78 is 10.4. The first kappa shape index (κ1) is 20.0. The predicted molar refractivity (Wildman–Crippen MR) is 119 cm³/mol. The van der Waals surface area contributed by atoms with Crippen molar-refractivity contribution < 1.29 is 9.47 Å². The number of aromatic nitrogens is 2. The second-order valence-corrected chi connectivity index (χ2v) is 6.88. The van der Waals surface area contributed by atoms with Crippen molar-refractivity contribution in [2.45, 2.75) is 6.54 Å². The van der Waals surface area contributed by atoms with Gasteiger partial charge in [0.2, 0.25) is 5.95 Å². The van der Waals surface area contributed by atoms with Crippen molar-refractivity contribution in [1.82, 2.24) is 9.97 Å². The number of hydrogen-bond donors (Lipinski definition) is 2. The number of ether oxygens (including phenoxy) is 2. The van der Waals surface area contributed by atoms with Gasteiger partial charge in [-0.05, 0) is 58.8 Å². The molecular formula is C24H20N4O3. The molecule has 0 aliphatic heterocycles. The van der Waals surface area contributed by atoms with Gasteiger partial charge in [-0.15, -0.1) is 0 Å². The van der Waals surface area contributed by atoms with E-state index >= 15 is 0 Å². The Kier molecular flexibility index (Phi) is 5.54. The molecule has 0 radical (unpaired) electrons. The minimum absolute atomic E-state index is 0.0321. The summed E-state index contributed by atoms with van der Waals surface area (Å²) in [6.07, 6.45) is 0. The molecule has 0 amide bonds. The first-order valence-electron chi connectivity index (χ1n) is 9.60. The van der Waals surface area contributed by atoms with Gasteiger partial charge in [0.15, 0.2) is 0 Å². The third-order valence-electron chi connectivity index (χ3n) is 4.97. The summed E-state index contributed by atoms with van der Waals surface area (Å²) in [6, 6.07) is 21.0. The zero-order valence-electron chi connectivity index (χ0n) is 17.1. The number of benzene rings is 3. The Morgan fingerprint density at radius 3 is 2.35 bits per heavy atom. The van der Waals surface area contributed by atoms with E-state index in [-0.39, 0.29) is 5.56 Å². The van der Waals surface area contributed by atoms with E-state index in [1.165, 1.54) is 0 Å². The molecule has 0 saturated carbocycles. The SMILES string of the molecule is COc1ccc(-c2nc(NCc3ccc4cc(OC)ccc4c3)[nH]c(=O)c2C#N)cc1. The average molecular weight is 412 g/mol. The molecule has 0 spiro atoms. The molecule has 0 aliphatic rings. The Balaban J connectivity index is 1.61. The Labute approximate surface area is 178 Å². The van der Waals surface area contributed by atoms with Crippen molar-refractivity contribution in [2.75, 3.05) is 19.5 Å². The van der Waals surface area contributed by atoms with Gasteiger partial charge < -0.3 is 14.8 Å². The molecule has 154 valence electrons. The number of rotatable bonds is 6. The van der Waals surface area contributed by atoms with Crippen molar-refractivity contribution in [3.8, 4) is 28.8 Å². The number of nitrogens with zero attached hydrogens (tertiary/aromatic N) is 2. The van der Waals surface area contributed by atoms with Gasteiger partial charge >= 0.3 is 0 Å². The molecule has 1 heterocycles. The van der Waals surface area contributed by atoms with E-state index in [2.05, 4.69) is 21.4 Å². The smallest absolute Gasteiger partial charge is 0.270 e. The van der Waals surface area contributed by atoms with Gasteiger partial charge in [0, 0.05) is 12.1 Å². The number of nitrogens with one attached hydrogen (secondary N) is 2. The van der Waals surface area contributed by atoms with Crippen LogP contribution in [-0.2, 0) is 6.54 Å². The van der Waals surface area contributed by atoms with Crippen molar-refractivity contribution in [3.05, 3.63) is 82.1 Å². The number of anilines is 1. The van der Waals surface area contributed by atoms with E-state index < -0.39 is 5.56 Å². The molecule has 7 nitrogen and oxygen atoms in total.